The van der Waals surface area contributed by atoms with E-state index < -0.39 is 5.76 Å². The van der Waals surface area contributed by atoms with Gasteiger partial charge in [0.15, 0.2) is 5.11 Å². The Labute approximate surface area is 141 Å². The minimum absolute atomic E-state index is 0.280. The van der Waals surface area contributed by atoms with Crippen molar-refractivity contribution in [2.24, 2.45) is 5.10 Å². The van der Waals surface area contributed by atoms with Crippen molar-refractivity contribution < 1.29 is 13.3 Å². The number of rotatable bonds is 5. The summed E-state index contributed by atoms with van der Waals surface area (Å²) in [4.78, 5) is 0.487. The molecule has 0 aliphatic carbocycles. The van der Waals surface area contributed by atoms with Gasteiger partial charge in [0.05, 0.1) is 17.5 Å². The zero-order chi connectivity index (χ0) is 16.8. The summed E-state index contributed by atoms with van der Waals surface area (Å²) in [5.41, 5.74) is 4.86. The van der Waals surface area contributed by atoms with Crippen LogP contribution in [0.25, 0.3) is 0 Å². The van der Waals surface area contributed by atoms with E-state index in [2.05, 4.69) is 21.0 Å². The van der Waals surface area contributed by atoms with Crippen molar-refractivity contribution in [1.82, 2.24) is 10.6 Å². The number of hydrazone groups is 1. The molecular weight excluding hydrogens is 342 g/mol. The molecule has 0 saturated carbocycles. The minimum atomic E-state index is -2.43. The molecule has 0 saturated heterocycles. The van der Waals surface area contributed by atoms with E-state index in [1.807, 2.05) is 6.92 Å². The molecule has 1 aromatic carbocycles. The largest absolute Gasteiger partial charge is 0.361 e. The molecule has 1 aromatic heterocycles. The van der Waals surface area contributed by atoms with Crippen molar-refractivity contribution in [3.8, 4) is 0 Å². The van der Waals surface area contributed by atoms with Gasteiger partial charge in [0, 0.05) is 10.6 Å². The highest BCUT2D eigenvalue weighted by Gasteiger charge is 2.06. The Kier molecular flexibility index (Phi) is 6.05. The number of anilines is 1. The van der Waals surface area contributed by atoms with E-state index in [-0.39, 0.29) is 5.11 Å². The Morgan fingerprint density at radius 2 is 2.04 bits per heavy atom. The van der Waals surface area contributed by atoms with E-state index in [0.29, 0.717) is 28.1 Å². The van der Waals surface area contributed by atoms with E-state index >= 15 is 0 Å². The van der Waals surface area contributed by atoms with Crippen LogP contribution in [0.1, 0.15) is 17.0 Å². The van der Waals surface area contributed by atoms with Crippen LogP contribution >= 0.6 is 24.0 Å². The molecule has 9 heteroatoms. The van der Waals surface area contributed by atoms with Crippen molar-refractivity contribution in [3.63, 3.8) is 0 Å². The predicted octanol–water partition coefficient (Wildman–Crippen LogP) is 3.93. The quantitative estimate of drug-likeness (QED) is 0.366. The second-order valence-electron chi connectivity index (χ2n) is 4.46. The number of nitrogens with zero attached hydrogens (tertiary/aromatic N) is 2. The summed E-state index contributed by atoms with van der Waals surface area (Å²) in [6.45, 7) is 3.60. The SMILES string of the molecule is Cc1noc(C)c1/C=N\NC(=S)Nc1ccc(SC(F)F)cc1. The molecule has 0 unspecified atom stereocenters. The smallest absolute Gasteiger partial charge is 0.288 e. The summed E-state index contributed by atoms with van der Waals surface area (Å²) in [6.07, 6.45) is 1.57. The zero-order valence-corrected chi connectivity index (χ0v) is 14.0. The van der Waals surface area contributed by atoms with Gasteiger partial charge in [-0.2, -0.15) is 13.9 Å². The highest BCUT2D eigenvalue weighted by molar-refractivity contribution is 7.99. The summed E-state index contributed by atoms with van der Waals surface area (Å²) in [5.74, 6) is -1.77. The van der Waals surface area contributed by atoms with Crippen LogP contribution < -0.4 is 10.7 Å². The first kappa shape index (κ1) is 17.4. The predicted molar refractivity (Wildman–Crippen MR) is 91.2 cm³/mol. The van der Waals surface area contributed by atoms with Gasteiger partial charge in [-0.05, 0) is 50.3 Å². The van der Waals surface area contributed by atoms with Crippen molar-refractivity contribution in [3.05, 3.63) is 41.3 Å². The maximum Gasteiger partial charge on any atom is 0.288 e. The summed E-state index contributed by atoms with van der Waals surface area (Å²) in [5, 5.41) is 11.0. The number of nitrogens with one attached hydrogen (secondary N) is 2. The molecule has 0 spiro atoms. The fourth-order valence-electron chi connectivity index (χ4n) is 1.71. The van der Waals surface area contributed by atoms with Crippen LogP contribution in [0.4, 0.5) is 14.5 Å². The third-order valence-electron chi connectivity index (χ3n) is 2.79. The lowest BCUT2D eigenvalue weighted by molar-refractivity contribution is 0.252. The maximum absolute atomic E-state index is 12.2. The van der Waals surface area contributed by atoms with Gasteiger partial charge in [0.1, 0.15) is 5.76 Å². The van der Waals surface area contributed by atoms with Gasteiger partial charge in [0.2, 0.25) is 0 Å². The van der Waals surface area contributed by atoms with Crippen LogP contribution in [-0.4, -0.2) is 22.2 Å². The second-order valence-corrected chi connectivity index (χ2v) is 5.94. The third kappa shape index (κ3) is 5.29. The molecular formula is C14H14F2N4OS2. The maximum atomic E-state index is 12.2. The first-order chi connectivity index (χ1) is 11.0. The van der Waals surface area contributed by atoms with Crippen molar-refractivity contribution in [2.75, 3.05) is 5.32 Å². The molecule has 0 bridgehead atoms. The first-order valence-corrected chi connectivity index (χ1v) is 7.82. The number of aromatic nitrogens is 1. The lowest BCUT2D eigenvalue weighted by atomic mass is 10.2. The fraction of sp³-hybridized carbons (Fsp3) is 0.214. The number of thiocarbonyl (C=S) groups is 1. The molecule has 122 valence electrons. The summed E-state index contributed by atoms with van der Waals surface area (Å²) in [7, 11) is 0. The number of benzene rings is 1. The van der Waals surface area contributed by atoms with E-state index in [9.17, 15) is 8.78 Å². The fourth-order valence-corrected chi connectivity index (χ4v) is 2.38. The minimum Gasteiger partial charge on any atom is -0.361 e. The number of hydrogen-bond donors (Lipinski definition) is 2. The third-order valence-corrected chi connectivity index (χ3v) is 3.70. The van der Waals surface area contributed by atoms with E-state index in [0.717, 1.165) is 11.3 Å². The van der Waals surface area contributed by atoms with Gasteiger partial charge in [-0.1, -0.05) is 16.9 Å². The Morgan fingerprint density at radius 3 is 2.61 bits per heavy atom. The molecule has 2 aromatic rings. The molecule has 23 heavy (non-hydrogen) atoms. The molecule has 1 heterocycles. The Bertz CT molecular complexity index is 682. The van der Waals surface area contributed by atoms with Gasteiger partial charge in [-0.15, -0.1) is 0 Å². The van der Waals surface area contributed by atoms with Gasteiger partial charge in [-0.25, -0.2) is 0 Å². The zero-order valence-electron chi connectivity index (χ0n) is 12.3. The summed E-state index contributed by atoms with van der Waals surface area (Å²) in [6, 6.07) is 6.51. The number of halogens is 2. The topological polar surface area (TPSA) is 62.5 Å². The standard InChI is InChI=1S/C14H14F2N4OS2/c1-8-12(9(2)21-20-8)7-17-19-14(22)18-10-3-5-11(6-4-10)23-13(15)16/h3-7,13H,1-2H3,(H2,18,19,22)/b17-7-. The van der Waals surface area contributed by atoms with Crippen LogP contribution in [0.5, 0.6) is 0 Å². The highest BCUT2D eigenvalue weighted by atomic mass is 32.2. The normalized spacial score (nSPS) is 11.2. The molecule has 0 aliphatic rings. The monoisotopic (exact) mass is 356 g/mol. The Balaban J connectivity index is 1.87. The number of thioether (sulfide) groups is 1. The second kappa shape index (κ2) is 8.02. The molecule has 0 amide bonds. The molecule has 0 aliphatic heterocycles. The molecule has 5 nitrogen and oxygen atoms in total. The molecule has 2 N–H and O–H groups in total. The lowest BCUT2D eigenvalue weighted by Crippen LogP contribution is -2.23. The van der Waals surface area contributed by atoms with Gasteiger partial charge < -0.3 is 9.84 Å². The van der Waals surface area contributed by atoms with E-state index in [1.54, 1.807) is 37.4 Å². The average Bonchev–Trinajstić information content (AvgIpc) is 2.80. The Hall–Kier alpha value is -2.00. The van der Waals surface area contributed by atoms with Crippen molar-refractivity contribution in [1.29, 1.82) is 0 Å². The van der Waals surface area contributed by atoms with Crippen LogP contribution in [0.15, 0.2) is 38.8 Å². The number of aryl methyl sites for hydroxylation is 2. The lowest BCUT2D eigenvalue weighted by Gasteiger charge is -2.07. The van der Waals surface area contributed by atoms with Gasteiger partial charge in [-0.3, -0.25) is 5.43 Å². The summed E-state index contributed by atoms with van der Waals surface area (Å²) < 4.78 is 29.5. The number of alkyl halides is 2. The van der Waals surface area contributed by atoms with Crippen molar-refractivity contribution in [2.45, 2.75) is 24.5 Å². The van der Waals surface area contributed by atoms with Crippen LogP contribution in [0.3, 0.4) is 0 Å². The molecule has 0 radical (unpaired) electrons. The average molecular weight is 356 g/mol. The van der Waals surface area contributed by atoms with Gasteiger partial charge >= 0.3 is 0 Å². The highest BCUT2D eigenvalue weighted by Crippen LogP contribution is 2.26. The first-order valence-electron chi connectivity index (χ1n) is 6.53. The van der Waals surface area contributed by atoms with Gasteiger partial charge in [0.25, 0.3) is 5.76 Å². The molecule has 0 fully saturated rings. The molecule has 2 rings (SSSR count). The van der Waals surface area contributed by atoms with Crippen LogP contribution in [0.2, 0.25) is 0 Å². The van der Waals surface area contributed by atoms with E-state index in [1.165, 1.54) is 0 Å². The van der Waals surface area contributed by atoms with Crippen molar-refractivity contribution >= 4 is 41.0 Å². The van der Waals surface area contributed by atoms with Crippen LogP contribution in [0, 0.1) is 13.8 Å². The number of hydrogen-bond acceptors (Lipinski definition) is 5. The Morgan fingerprint density at radius 1 is 1.35 bits per heavy atom. The van der Waals surface area contributed by atoms with E-state index in [4.69, 9.17) is 16.7 Å². The summed E-state index contributed by atoms with van der Waals surface area (Å²) >= 11 is 5.59. The van der Waals surface area contributed by atoms with Crippen LogP contribution in [-0.2, 0) is 0 Å². The molecule has 0 atom stereocenters.